The molecule has 1 fully saturated rings. The first kappa shape index (κ1) is 19.5. The van der Waals surface area contributed by atoms with Crippen molar-refractivity contribution < 1.29 is 19.6 Å². The Morgan fingerprint density at radius 3 is 2.48 bits per heavy atom. The molecular weight excluding hydrogens is 368 g/mol. The summed E-state index contributed by atoms with van der Waals surface area (Å²) in [5.74, 6) is -1.36. The lowest BCUT2D eigenvalue weighted by atomic mass is 9.66. The quantitative estimate of drug-likeness (QED) is 0.591. The molecule has 1 saturated carbocycles. The van der Waals surface area contributed by atoms with Gasteiger partial charge in [-0.25, -0.2) is 4.98 Å². The summed E-state index contributed by atoms with van der Waals surface area (Å²) >= 11 is 5.86. The van der Waals surface area contributed by atoms with Gasteiger partial charge < -0.3 is 15.4 Å². The highest BCUT2D eigenvalue weighted by Crippen LogP contribution is 2.39. The predicted octanol–water partition coefficient (Wildman–Crippen LogP) is 1.44. The number of benzene rings is 1. The third kappa shape index (κ3) is 4.91. The van der Waals surface area contributed by atoms with E-state index in [9.17, 15) is 19.6 Å². The van der Waals surface area contributed by atoms with E-state index in [0.29, 0.717) is 24.3 Å². The van der Waals surface area contributed by atoms with Crippen molar-refractivity contribution in [3.05, 3.63) is 59.1 Å². The summed E-state index contributed by atoms with van der Waals surface area (Å²) in [5.41, 5.74) is 0.0251. The number of ketones is 1. The van der Waals surface area contributed by atoms with Gasteiger partial charge in [0, 0.05) is 29.7 Å². The number of amides is 1. The molecule has 9 heteroatoms. The van der Waals surface area contributed by atoms with E-state index < -0.39 is 24.4 Å². The van der Waals surface area contributed by atoms with Gasteiger partial charge in [-0.15, -0.1) is 0 Å². The molecule has 3 rings (SSSR count). The molecule has 2 aromatic rings. The minimum absolute atomic E-state index is 0.0545. The second-order valence-electron chi connectivity index (χ2n) is 6.76. The number of Topliss-reactive ketones (excluding diaryl/α,β-unsaturated/α-hetero) is 1. The van der Waals surface area contributed by atoms with E-state index in [2.05, 4.69) is 15.3 Å². The number of rotatable bonds is 8. The zero-order chi connectivity index (χ0) is 19.4. The molecule has 0 unspecified atom stereocenters. The SMILES string of the molecule is O=C(NC1(C(=O)C[C@@H](Cc2ccc(Cl)cc2)B(O)O)CC1)c1cnccn1. The summed E-state index contributed by atoms with van der Waals surface area (Å²) in [6, 6.07) is 6.99. The molecule has 140 valence electrons. The highest BCUT2D eigenvalue weighted by Gasteiger charge is 2.51. The molecule has 0 aliphatic heterocycles. The van der Waals surface area contributed by atoms with Crippen LogP contribution >= 0.6 is 11.6 Å². The standard InChI is InChI=1S/C18H19BClN3O4/c20-14-3-1-12(2-4-14)9-13(19(26)27)10-16(24)18(5-6-18)23-17(25)15-11-21-7-8-22-15/h1-4,7-8,11,13,26-27H,5-6,9-10H2,(H,23,25)/t13-/m1/s1. The minimum Gasteiger partial charge on any atom is -0.427 e. The van der Waals surface area contributed by atoms with Gasteiger partial charge in [-0.05, 0) is 37.0 Å². The van der Waals surface area contributed by atoms with Gasteiger partial charge in [0.1, 0.15) is 5.69 Å². The van der Waals surface area contributed by atoms with Crippen LogP contribution in [-0.2, 0) is 11.2 Å². The van der Waals surface area contributed by atoms with Crippen molar-refractivity contribution in [1.29, 1.82) is 0 Å². The summed E-state index contributed by atoms with van der Waals surface area (Å²) in [4.78, 5) is 32.8. The molecule has 1 aliphatic carbocycles. The van der Waals surface area contributed by atoms with Crippen LogP contribution in [0.15, 0.2) is 42.9 Å². The van der Waals surface area contributed by atoms with E-state index >= 15 is 0 Å². The van der Waals surface area contributed by atoms with Gasteiger partial charge in [-0.2, -0.15) is 0 Å². The summed E-state index contributed by atoms with van der Waals surface area (Å²) < 4.78 is 0. The molecule has 0 saturated heterocycles. The molecule has 1 aromatic carbocycles. The third-order valence-electron chi connectivity index (χ3n) is 4.71. The normalized spacial score (nSPS) is 15.7. The zero-order valence-electron chi connectivity index (χ0n) is 14.5. The van der Waals surface area contributed by atoms with Crippen molar-refractivity contribution in [2.24, 2.45) is 0 Å². The van der Waals surface area contributed by atoms with E-state index in [-0.39, 0.29) is 17.9 Å². The van der Waals surface area contributed by atoms with Crippen LogP contribution in [0, 0.1) is 0 Å². The fourth-order valence-corrected chi connectivity index (χ4v) is 3.06. The number of carbonyl (C=O) groups excluding carboxylic acids is 2. The van der Waals surface area contributed by atoms with Gasteiger partial charge in [0.05, 0.1) is 11.7 Å². The zero-order valence-corrected chi connectivity index (χ0v) is 15.3. The number of halogens is 1. The molecule has 1 aromatic heterocycles. The van der Waals surface area contributed by atoms with Crippen molar-refractivity contribution in [3.63, 3.8) is 0 Å². The Morgan fingerprint density at radius 1 is 1.22 bits per heavy atom. The van der Waals surface area contributed by atoms with Gasteiger partial charge in [0.2, 0.25) is 0 Å². The van der Waals surface area contributed by atoms with Crippen LogP contribution in [0.25, 0.3) is 0 Å². The Morgan fingerprint density at radius 2 is 1.93 bits per heavy atom. The Balaban J connectivity index is 1.64. The number of carbonyl (C=O) groups is 2. The lowest BCUT2D eigenvalue weighted by Gasteiger charge is -2.20. The number of aromatic nitrogens is 2. The molecule has 0 radical (unpaired) electrons. The molecular formula is C18H19BClN3O4. The summed E-state index contributed by atoms with van der Waals surface area (Å²) in [6.45, 7) is 0. The second kappa shape index (κ2) is 8.16. The maximum atomic E-state index is 12.8. The summed E-state index contributed by atoms with van der Waals surface area (Å²) in [5, 5.41) is 22.7. The average Bonchev–Trinajstić information content (AvgIpc) is 3.44. The molecule has 1 heterocycles. The van der Waals surface area contributed by atoms with Crippen LogP contribution in [0.1, 0.15) is 35.3 Å². The Kier molecular flexibility index (Phi) is 5.89. The molecule has 0 bridgehead atoms. The Labute approximate surface area is 161 Å². The molecule has 1 amide bonds. The summed E-state index contributed by atoms with van der Waals surface area (Å²) in [7, 11) is -1.64. The maximum absolute atomic E-state index is 12.8. The average molecular weight is 388 g/mol. The molecule has 1 aliphatic rings. The first-order valence-electron chi connectivity index (χ1n) is 8.62. The van der Waals surface area contributed by atoms with Crippen molar-refractivity contribution in [2.45, 2.75) is 37.0 Å². The third-order valence-corrected chi connectivity index (χ3v) is 4.96. The number of hydrogen-bond acceptors (Lipinski definition) is 6. The van der Waals surface area contributed by atoms with Gasteiger partial charge in [-0.1, -0.05) is 23.7 Å². The van der Waals surface area contributed by atoms with E-state index in [1.807, 2.05) is 0 Å². The monoisotopic (exact) mass is 387 g/mol. The molecule has 27 heavy (non-hydrogen) atoms. The van der Waals surface area contributed by atoms with Crippen LogP contribution in [0.2, 0.25) is 10.8 Å². The summed E-state index contributed by atoms with van der Waals surface area (Å²) in [6.07, 6.45) is 5.49. The number of hydrogen-bond donors (Lipinski definition) is 3. The van der Waals surface area contributed by atoms with Gasteiger partial charge in [0.25, 0.3) is 5.91 Å². The largest absolute Gasteiger partial charge is 0.455 e. The van der Waals surface area contributed by atoms with E-state index in [4.69, 9.17) is 11.6 Å². The smallest absolute Gasteiger partial charge is 0.427 e. The number of nitrogens with zero attached hydrogens (tertiary/aromatic N) is 2. The van der Waals surface area contributed by atoms with Crippen LogP contribution in [0.4, 0.5) is 0 Å². The maximum Gasteiger partial charge on any atom is 0.455 e. The highest BCUT2D eigenvalue weighted by molar-refractivity contribution is 6.43. The lowest BCUT2D eigenvalue weighted by Crippen LogP contribution is -2.44. The van der Waals surface area contributed by atoms with E-state index in [1.165, 1.54) is 18.6 Å². The van der Waals surface area contributed by atoms with Crippen molar-refractivity contribution in [2.75, 3.05) is 0 Å². The first-order valence-corrected chi connectivity index (χ1v) is 9.00. The fraction of sp³-hybridized carbons (Fsp3) is 0.333. The fourth-order valence-electron chi connectivity index (χ4n) is 2.94. The molecule has 7 nitrogen and oxygen atoms in total. The van der Waals surface area contributed by atoms with Gasteiger partial charge >= 0.3 is 7.12 Å². The van der Waals surface area contributed by atoms with Crippen molar-refractivity contribution >= 4 is 30.4 Å². The van der Waals surface area contributed by atoms with Gasteiger partial charge in [-0.3, -0.25) is 14.6 Å². The number of nitrogens with one attached hydrogen (secondary N) is 1. The van der Waals surface area contributed by atoms with Crippen LogP contribution in [0.3, 0.4) is 0 Å². The van der Waals surface area contributed by atoms with Crippen LogP contribution in [0.5, 0.6) is 0 Å². The molecule has 1 atom stereocenters. The minimum atomic E-state index is -1.64. The Hall–Kier alpha value is -2.29. The van der Waals surface area contributed by atoms with E-state index in [0.717, 1.165) is 5.56 Å². The van der Waals surface area contributed by atoms with Crippen LogP contribution < -0.4 is 5.32 Å². The Bertz CT molecular complexity index is 813. The van der Waals surface area contributed by atoms with Crippen molar-refractivity contribution in [3.8, 4) is 0 Å². The second-order valence-corrected chi connectivity index (χ2v) is 7.19. The van der Waals surface area contributed by atoms with Crippen LogP contribution in [-0.4, -0.2) is 44.4 Å². The van der Waals surface area contributed by atoms with Gasteiger partial charge in [0.15, 0.2) is 5.78 Å². The van der Waals surface area contributed by atoms with E-state index in [1.54, 1.807) is 24.3 Å². The molecule has 0 spiro atoms. The topological polar surface area (TPSA) is 112 Å². The first-order chi connectivity index (χ1) is 12.9. The lowest BCUT2D eigenvalue weighted by molar-refractivity contribution is -0.122. The van der Waals surface area contributed by atoms with Crippen molar-refractivity contribution in [1.82, 2.24) is 15.3 Å². The predicted molar refractivity (Wildman–Crippen MR) is 100 cm³/mol. The molecule has 3 N–H and O–H groups in total. The highest BCUT2D eigenvalue weighted by atomic mass is 35.5.